The molecule has 2 saturated heterocycles. The molecular formula is C21H31N3O5. The molecule has 1 N–H and O–H groups in total. The number of pyridine rings is 1. The van der Waals surface area contributed by atoms with E-state index in [1.165, 1.54) is 4.90 Å². The van der Waals surface area contributed by atoms with Gasteiger partial charge in [-0.05, 0) is 52.5 Å². The first-order valence-electron chi connectivity index (χ1n) is 10.3. The molecule has 8 heteroatoms. The first-order valence-corrected chi connectivity index (χ1v) is 10.3. The van der Waals surface area contributed by atoms with Gasteiger partial charge in [-0.1, -0.05) is 6.07 Å². The molecule has 3 heterocycles. The molecule has 29 heavy (non-hydrogen) atoms. The van der Waals surface area contributed by atoms with Crippen molar-refractivity contribution in [2.75, 3.05) is 19.7 Å². The van der Waals surface area contributed by atoms with Crippen LogP contribution in [0.5, 0.6) is 5.88 Å². The Hall–Kier alpha value is -2.35. The van der Waals surface area contributed by atoms with E-state index >= 15 is 0 Å². The number of aliphatic hydroxyl groups excluding tert-OH is 1. The summed E-state index contributed by atoms with van der Waals surface area (Å²) < 4.78 is 11.0. The number of carbonyl (C=O) groups excluding carboxylic acids is 2. The lowest BCUT2D eigenvalue weighted by molar-refractivity contribution is -0.139. The zero-order chi connectivity index (χ0) is 21.0. The topological polar surface area (TPSA) is 92.2 Å². The van der Waals surface area contributed by atoms with Gasteiger partial charge in [-0.3, -0.25) is 9.69 Å². The maximum Gasteiger partial charge on any atom is 0.410 e. The van der Waals surface area contributed by atoms with E-state index in [0.717, 1.165) is 12.8 Å². The van der Waals surface area contributed by atoms with Gasteiger partial charge < -0.3 is 19.5 Å². The van der Waals surface area contributed by atoms with Gasteiger partial charge in [-0.2, -0.15) is 0 Å². The molecule has 1 aromatic rings. The van der Waals surface area contributed by atoms with Crippen LogP contribution in [0, 0.1) is 0 Å². The van der Waals surface area contributed by atoms with Crippen LogP contribution in [0.25, 0.3) is 0 Å². The second-order valence-corrected chi connectivity index (χ2v) is 8.62. The SMILES string of the molecule is CC(C)(C)OC(=O)N1CCC[C@H]1C(=O)N1CCC[C@H]1C(O)COc1ccccn1. The van der Waals surface area contributed by atoms with E-state index in [0.29, 0.717) is 31.8 Å². The Morgan fingerprint density at radius 3 is 2.62 bits per heavy atom. The number of ether oxygens (including phenoxy) is 2. The van der Waals surface area contributed by atoms with Gasteiger partial charge in [0.1, 0.15) is 24.4 Å². The minimum atomic E-state index is -0.820. The second-order valence-electron chi connectivity index (χ2n) is 8.62. The van der Waals surface area contributed by atoms with Gasteiger partial charge in [0.2, 0.25) is 11.8 Å². The highest BCUT2D eigenvalue weighted by atomic mass is 16.6. The lowest BCUT2D eigenvalue weighted by Crippen LogP contribution is -2.53. The van der Waals surface area contributed by atoms with Crippen molar-refractivity contribution in [1.82, 2.24) is 14.8 Å². The van der Waals surface area contributed by atoms with Crippen molar-refractivity contribution >= 4 is 12.0 Å². The molecule has 160 valence electrons. The molecular weight excluding hydrogens is 374 g/mol. The molecule has 1 aromatic heterocycles. The summed E-state index contributed by atoms with van der Waals surface area (Å²) in [5.41, 5.74) is -0.609. The average Bonchev–Trinajstić information content (AvgIpc) is 3.34. The zero-order valence-electron chi connectivity index (χ0n) is 17.4. The summed E-state index contributed by atoms with van der Waals surface area (Å²) in [5, 5.41) is 10.6. The highest BCUT2D eigenvalue weighted by molar-refractivity contribution is 5.86. The van der Waals surface area contributed by atoms with Crippen LogP contribution in [0.1, 0.15) is 46.5 Å². The minimum absolute atomic E-state index is 0.0614. The number of aliphatic hydroxyl groups is 1. The smallest absolute Gasteiger partial charge is 0.410 e. The van der Waals surface area contributed by atoms with Gasteiger partial charge in [-0.15, -0.1) is 0 Å². The summed E-state index contributed by atoms with van der Waals surface area (Å²) in [4.78, 5) is 33.1. The Balaban J connectivity index is 1.62. The number of nitrogens with zero attached hydrogens (tertiary/aromatic N) is 3. The maximum absolute atomic E-state index is 13.2. The fourth-order valence-corrected chi connectivity index (χ4v) is 3.93. The average molecular weight is 405 g/mol. The monoisotopic (exact) mass is 405 g/mol. The van der Waals surface area contributed by atoms with Crippen molar-refractivity contribution in [3.8, 4) is 5.88 Å². The predicted octanol–water partition coefficient (Wildman–Crippen LogP) is 2.21. The van der Waals surface area contributed by atoms with Crippen LogP contribution in [-0.2, 0) is 9.53 Å². The largest absolute Gasteiger partial charge is 0.475 e. The first kappa shape index (κ1) is 21.4. The molecule has 0 saturated carbocycles. The summed E-state index contributed by atoms with van der Waals surface area (Å²) in [6.45, 7) is 6.58. The van der Waals surface area contributed by atoms with Crippen molar-refractivity contribution in [3.63, 3.8) is 0 Å². The molecule has 2 fully saturated rings. The summed E-state index contributed by atoms with van der Waals surface area (Å²) >= 11 is 0. The van der Waals surface area contributed by atoms with E-state index in [2.05, 4.69) is 4.98 Å². The van der Waals surface area contributed by atoms with Crippen molar-refractivity contribution in [2.24, 2.45) is 0 Å². The number of aromatic nitrogens is 1. The molecule has 2 aliphatic heterocycles. The number of amides is 2. The normalized spacial score (nSPS) is 23.2. The van der Waals surface area contributed by atoms with Crippen LogP contribution in [0.15, 0.2) is 24.4 Å². The van der Waals surface area contributed by atoms with Crippen LogP contribution >= 0.6 is 0 Å². The fourth-order valence-electron chi connectivity index (χ4n) is 3.93. The van der Waals surface area contributed by atoms with E-state index < -0.39 is 23.8 Å². The predicted molar refractivity (Wildman–Crippen MR) is 106 cm³/mol. The number of likely N-dealkylation sites (tertiary alicyclic amines) is 2. The molecule has 2 aliphatic rings. The Morgan fingerprint density at radius 2 is 1.93 bits per heavy atom. The van der Waals surface area contributed by atoms with Crippen molar-refractivity contribution in [1.29, 1.82) is 0 Å². The quantitative estimate of drug-likeness (QED) is 0.808. The van der Waals surface area contributed by atoms with E-state index in [9.17, 15) is 14.7 Å². The van der Waals surface area contributed by atoms with Crippen LogP contribution < -0.4 is 4.74 Å². The van der Waals surface area contributed by atoms with Crippen molar-refractivity contribution in [3.05, 3.63) is 24.4 Å². The molecule has 0 radical (unpaired) electrons. The molecule has 0 aromatic carbocycles. The number of rotatable bonds is 5. The van der Waals surface area contributed by atoms with Gasteiger partial charge in [0.15, 0.2) is 0 Å². The summed E-state index contributed by atoms with van der Waals surface area (Å²) in [6, 6.07) is 4.47. The maximum atomic E-state index is 13.2. The molecule has 3 rings (SSSR count). The van der Waals surface area contributed by atoms with Crippen molar-refractivity contribution < 1.29 is 24.2 Å². The van der Waals surface area contributed by atoms with Crippen LogP contribution in [0.4, 0.5) is 4.79 Å². The van der Waals surface area contributed by atoms with Crippen molar-refractivity contribution in [2.45, 2.75) is 70.2 Å². The summed E-state index contributed by atoms with van der Waals surface area (Å²) in [7, 11) is 0. The molecule has 0 bridgehead atoms. The molecule has 3 atom stereocenters. The second kappa shape index (κ2) is 8.98. The van der Waals surface area contributed by atoms with Crippen LogP contribution in [0.2, 0.25) is 0 Å². The lowest BCUT2D eigenvalue weighted by atomic mass is 10.1. The highest BCUT2D eigenvalue weighted by Gasteiger charge is 2.43. The molecule has 0 aliphatic carbocycles. The molecule has 2 amide bonds. The Kier molecular flexibility index (Phi) is 6.62. The Bertz CT molecular complexity index is 706. The standard InChI is InChI=1S/C21H31N3O5/c1-21(2,3)29-20(27)24-13-7-9-16(24)19(26)23-12-6-8-15(23)17(25)14-28-18-10-4-5-11-22-18/h4-5,10-11,15-17,25H,6-9,12-14H2,1-3H3/t15-,16-,17?/m0/s1. The van der Waals surface area contributed by atoms with Gasteiger partial charge in [0.05, 0.1) is 6.04 Å². The summed E-state index contributed by atoms with van der Waals surface area (Å²) in [6.07, 6.45) is 3.25. The molecule has 1 unspecified atom stereocenters. The van der Waals surface area contributed by atoms with Gasteiger partial charge >= 0.3 is 6.09 Å². The number of hydrogen-bond acceptors (Lipinski definition) is 6. The van der Waals surface area contributed by atoms with E-state index in [4.69, 9.17) is 9.47 Å². The third kappa shape index (κ3) is 5.38. The number of hydrogen-bond donors (Lipinski definition) is 1. The zero-order valence-corrected chi connectivity index (χ0v) is 17.4. The van der Waals surface area contributed by atoms with Crippen LogP contribution in [0.3, 0.4) is 0 Å². The van der Waals surface area contributed by atoms with Crippen LogP contribution in [-0.4, -0.2) is 75.4 Å². The van der Waals surface area contributed by atoms with Gasteiger partial charge in [-0.25, -0.2) is 9.78 Å². The third-order valence-electron chi connectivity index (χ3n) is 5.23. The third-order valence-corrected chi connectivity index (χ3v) is 5.23. The first-order chi connectivity index (χ1) is 13.8. The Labute approximate surface area is 171 Å². The lowest BCUT2D eigenvalue weighted by Gasteiger charge is -2.34. The summed E-state index contributed by atoms with van der Waals surface area (Å²) in [5.74, 6) is 0.321. The van der Waals surface area contributed by atoms with Gasteiger partial charge in [0, 0.05) is 25.4 Å². The molecule has 0 spiro atoms. The van der Waals surface area contributed by atoms with E-state index in [1.54, 1.807) is 23.2 Å². The molecule has 8 nitrogen and oxygen atoms in total. The van der Waals surface area contributed by atoms with E-state index in [1.807, 2.05) is 26.8 Å². The number of carbonyl (C=O) groups is 2. The van der Waals surface area contributed by atoms with Gasteiger partial charge in [0.25, 0.3) is 0 Å². The highest BCUT2D eigenvalue weighted by Crippen LogP contribution is 2.27. The fraction of sp³-hybridized carbons (Fsp3) is 0.667. The van der Waals surface area contributed by atoms with E-state index in [-0.39, 0.29) is 18.6 Å². The Morgan fingerprint density at radius 1 is 1.21 bits per heavy atom. The minimum Gasteiger partial charge on any atom is -0.475 e.